The Hall–Kier alpha value is -4.16. The summed E-state index contributed by atoms with van der Waals surface area (Å²) in [5.41, 5.74) is 11.7. The van der Waals surface area contributed by atoms with Gasteiger partial charge in [-0.25, -0.2) is 14.4 Å². The summed E-state index contributed by atoms with van der Waals surface area (Å²) >= 11 is 1.27. The third-order valence-electron chi connectivity index (χ3n) is 7.55. The van der Waals surface area contributed by atoms with Gasteiger partial charge in [-0.05, 0) is 38.3 Å². The van der Waals surface area contributed by atoms with E-state index in [0.29, 0.717) is 84.2 Å². The number of rotatable bonds is 25. The molecule has 0 bridgehead atoms. The lowest BCUT2D eigenvalue weighted by atomic mass is 9.96. The van der Waals surface area contributed by atoms with Crippen molar-refractivity contribution in [3.63, 3.8) is 0 Å². The van der Waals surface area contributed by atoms with E-state index in [2.05, 4.69) is 37.4 Å². The van der Waals surface area contributed by atoms with E-state index in [0.717, 1.165) is 69.9 Å². The van der Waals surface area contributed by atoms with Crippen LogP contribution in [0.3, 0.4) is 0 Å². The second-order valence-electron chi connectivity index (χ2n) is 12.1. The molecule has 1 amide bonds. The van der Waals surface area contributed by atoms with Gasteiger partial charge in [0.15, 0.2) is 5.82 Å². The maximum atomic E-state index is 14.3. The zero-order valence-electron chi connectivity index (χ0n) is 35.7. The average Bonchev–Trinajstić information content (AvgIpc) is 4.02. The van der Waals surface area contributed by atoms with Gasteiger partial charge in [-0.3, -0.25) is 14.9 Å². The zero-order valence-corrected chi connectivity index (χ0v) is 36.5. The van der Waals surface area contributed by atoms with E-state index in [1.165, 1.54) is 17.6 Å². The number of nitrogens with two attached hydrogens (primary N) is 2. The van der Waals surface area contributed by atoms with Gasteiger partial charge in [0.1, 0.15) is 23.2 Å². The lowest BCUT2D eigenvalue weighted by Gasteiger charge is -2.18. The predicted octanol–water partition coefficient (Wildman–Crippen LogP) is 3.54. The van der Waals surface area contributed by atoms with Crippen LogP contribution in [0.5, 0.6) is 0 Å². The zero-order chi connectivity index (χ0) is 45.4. The number of halogens is 2. The number of nitrogens with one attached hydrogen (secondary N) is 2. The number of carbonyl (C=O) groups excluding carboxylic acids is 2. The van der Waals surface area contributed by atoms with Crippen LogP contribution in [0.4, 0.5) is 8.78 Å². The quantitative estimate of drug-likeness (QED) is 0.0404. The van der Waals surface area contributed by atoms with E-state index in [4.69, 9.17) is 54.9 Å². The Balaban J connectivity index is 0.00000109. The molecule has 0 unspecified atom stereocenters. The number of aromatic nitrogens is 4. The number of hydrogen-bond acceptors (Lipinski definition) is 17. The predicted molar refractivity (Wildman–Crippen MR) is 230 cm³/mol. The monoisotopic (exact) mass is 888 g/mol. The number of nitrogens with zero attached hydrogens (tertiary/aromatic N) is 4. The third-order valence-corrected chi connectivity index (χ3v) is 8.44. The molecule has 346 valence electrons. The Labute approximate surface area is 361 Å². The SMILES string of the molecule is C=O.CCCOCCOCCOCCOCCOCCOCCN.CCO.CO.N/C(=C(\C=NC1CCCCC1)NC(=O)c1csc(-c2cn[nH]c2)n1)c1nc(F)ccc1F. The minimum absolute atomic E-state index is 0.0374. The summed E-state index contributed by atoms with van der Waals surface area (Å²) in [5, 5.41) is 26.0. The topological polar surface area (TPSA) is 261 Å². The molecule has 61 heavy (non-hydrogen) atoms. The van der Waals surface area contributed by atoms with Crippen molar-refractivity contribution in [2.75, 3.05) is 99.5 Å². The molecule has 3 aromatic rings. The summed E-state index contributed by atoms with van der Waals surface area (Å²) in [5.74, 6) is -2.25. The molecular weight excluding hydrogens is 823 g/mol. The van der Waals surface area contributed by atoms with Crippen molar-refractivity contribution in [3.8, 4) is 10.6 Å². The Morgan fingerprint density at radius 1 is 0.902 bits per heavy atom. The summed E-state index contributed by atoms with van der Waals surface area (Å²) < 4.78 is 59.8. The fourth-order valence-corrected chi connectivity index (χ4v) is 5.59. The first-order valence-corrected chi connectivity index (χ1v) is 20.8. The number of H-pyrrole nitrogens is 1. The van der Waals surface area contributed by atoms with Crippen molar-refractivity contribution < 1.29 is 57.0 Å². The number of aliphatic imine (C=N–C) groups is 1. The van der Waals surface area contributed by atoms with Gasteiger partial charge in [0.25, 0.3) is 5.91 Å². The molecule has 4 rings (SSSR count). The maximum absolute atomic E-state index is 14.3. The van der Waals surface area contributed by atoms with Crippen molar-refractivity contribution in [2.24, 2.45) is 16.5 Å². The average molecular weight is 889 g/mol. The van der Waals surface area contributed by atoms with Gasteiger partial charge in [-0.1, -0.05) is 26.2 Å². The van der Waals surface area contributed by atoms with Crippen molar-refractivity contribution in [2.45, 2.75) is 58.4 Å². The van der Waals surface area contributed by atoms with Crippen LogP contribution >= 0.6 is 11.3 Å². The molecule has 3 aromatic heterocycles. The first kappa shape index (κ1) is 56.8. The number of ether oxygens (including phenoxy) is 6. The van der Waals surface area contributed by atoms with Crippen LogP contribution in [0, 0.1) is 11.8 Å². The van der Waals surface area contributed by atoms with Gasteiger partial charge < -0.3 is 60.2 Å². The molecule has 0 aromatic carbocycles. The fourth-order valence-electron chi connectivity index (χ4n) is 4.81. The maximum Gasteiger partial charge on any atom is 0.275 e. The number of aliphatic hydroxyl groups is 2. The van der Waals surface area contributed by atoms with Crippen LogP contribution in [0.15, 0.2) is 40.6 Å². The van der Waals surface area contributed by atoms with E-state index in [1.807, 2.05) is 6.79 Å². The molecule has 21 heteroatoms. The van der Waals surface area contributed by atoms with Gasteiger partial charge in [-0.15, -0.1) is 11.3 Å². The normalized spacial score (nSPS) is 12.7. The van der Waals surface area contributed by atoms with Crippen molar-refractivity contribution >= 4 is 35.9 Å². The molecule has 8 N–H and O–H groups in total. The smallest absolute Gasteiger partial charge is 0.275 e. The second kappa shape index (κ2) is 39.9. The Morgan fingerprint density at radius 3 is 1.92 bits per heavy atom. The highest BCUT2D eigenvalue weighted by Crippen LogP contribution is 2.23. The number of pyridine rings is 1. The Bertz CT molecular complexity index is 1530. The Kier molecular flexibility index (Phi) is 37.2. The lowest BCUT2D eigenvalue weighted by molar-refractivity contribution is -0.0980. The van der Waals surface area contributed by atoms with Gasteiger partial charge in [0.2, 0.25) is 5.95 Å². The number of thiazole rings is 1. The van der Waals surface area contributed by atoms with Gasteiger partial charge in [0.05, 0.1) is 96.3 Å². The summed E-state index contributed by atoms with van der Waals surface area (Å²) in [6.45, 7) is 13.7. The molecule has 1 fully saturated rings. The molecule has 18 nitrogen and oxygen atoms in total. The standard InChI is InChI=1S/C21H21F2N7OS.C15H33NO6.C2H6O.CH4O.CH2O/c22-14-6-7-17(23)30-19(14)18(24)15(10-25-13-4-2-1-3-5-13)28-20(31)16-11-32-21(29-16)12-8-26-27-9-12;1-2-4-17-6-8-19-10-12-21-14-15-22-13-11-20-9-7-18-5-3-16;1-2-3;2*1-2/h6-11,13H,1-5,24H2,(H,26,27)(H,28,31);2-16H2,1H3;3H,2H2,1H3;2H,1H3;1H2/b18-15+,25-10?;;;;. The van der Waals surface area contributed by atoms with Crippen LogP contribution in [0.25, 0.3) is 16.3 Å². The molecule has 0 radical (unpaired) electrons. The lowest BCUT2D eigenvalue weighted by Crippen LogP contribution is -2.27. The van der Waals surface area contributed by atoms with E-state index >= 15 is 0 Å². The van der Waals surface area contributed by atoms with Crippen LogP contribution in [-0.2, 0) is 33.2 Å². The number of aromatic amines is 1. The molecule has 0 atom stereocenters. The molecular formula is C40H66F2N8O10S. The number of amides is 1. The van der Waals surface area contributed by atoms with Crippen LogP contribution in [0.1, 0.15) is 68.6 Å². The van der Waals surface area contributed by atoms with Crippen molar-refractivity contribution in [3.05, 3.63) is 58.8 Å². The van der Waals surface area contributed by atoms with Gasteiger partial charge in [0, 0.05) is 50.2 Å². The molecule has 1 aliphatic carbocycles. The van der Waals surface area contributed by atoms with Gasteiger partial charge in [-0.2, -0.15) is 9.49 Å². The van der Waals surface area contributed by atoms with Crippen molar-refractivity contribution in [1.29, 1.82) is 0 Å². The number of allylic oxidation sites excluding steroid dienone is 1. The van der Waals surface area contributed by atoms with E-state index in [1.54, 1.807) is 24.7 Å². The third kappa shape index (κ3) is 27.4. The molecule has 3 heterocycles. The summed E-state index contributed by atoms with van der Waals surface area (Å²) in [6.07, 6.45) is 10.8. The van der Waals surface area contributed by atoms with Crippen molar-refractivity contribution in [1.82, 2.24) is 25.5 Å². The van der Waals surface area contributed by atoms with Crippen LogP contribution in [-0.4, -0.2) is 155 Å². The second-order valence-corrected chi connectivity index (χ2v) is 13.0. The molecule has 0 saturated heterocycles. The van der Waals surface area contributed by atoms with E-state index < -0.39 is 23.4 Å². The summed E-state index contributed by atoms with van der Waals surface area (Å²) in [4.78, 5) is 33.2. The molecule has 0 spiro atoms. The minimum Gasteiger partial charge on any atom is -0.400 e. The number of hydrogen-bond donors (Lipinski definition) is 6. The first-order chi connectivity index (χ1) is 29.8. The molecule has 1 aliphatic rings. The largest absolute Gasteiger partial charge is 0.400 e. The highest BCUT2D eigenvalue weighted by molar-refractivity contribution is 7.13. The van der Waals surface area contributed by atoms with Crippen LogP contribution in [0.2, 0.25) is 0 Å². The fraction of sp³-hybridized carbons (Fsp3) is 0.600. The molecule has 0 aliphatic heterocycles. The van der Waals surface area contributed by atoms with Crippen LogP contribution < -0.4 is 16.8 Å². The highest BCUT2D eigenvalue weighted by atomic mass is 32.1. The number of carbonyl (C=O) groups is 2. The summed E-state index contributed by atoms with van der Waals surface area (Å²) in [7, 11) is 1.00. The van der Waals surface area contributed by atoms with E-state index in [-0.39, 0.29) is 29.7 Å². The highest BCUT2D eigenvalue weighted by Gasteiger charge is 2.19. The number of aliphatic hydroxyl groups excluding tert-OH is 2. The van der Waals surface area contributed by atoms with E-state index in [9.17, 15) is 13.6 Å². The summed E-state index contributed by atoms with van der Waals surface area (Å²) in [6, 6.07) is 1.91. The first-order valence-electron chi connectivity index (χ1n) is 20.0. The minimum atomic E-state index is -0.886. The Morgan fingerprint density at radius 2 is 1.43 bits per heavy atom. The molecule has 1 saturated carbocycles. The van der Waals surface area contributed by atoms with Gasteiger partial charge >= 0.3 is 0 Å².